The van der Waals surface area contributed by atoms with E-state index in [2.05, 4.69) is 5.32 Å². The van der Waals surface area contributed by atoms with Crippen LogP contribution in [0.2, 0.25) is 0 Å². The fourth-order valence-corrected chi connectivity index (χ4v) is 1.36. The van der Waals surface area contributed by atoms with Crippen molar-refractivity contribution in [3.8, 4) is 0 Å². The maximum atomic E-state index is 9.01. The molecule has 0 fully saturated rings. The van der Waals surface area contributed by atoms with Gasteiger partial charge in [0.15, 0.2) is 0 Å². The summed E-state index contributed by atoms with van der Waals surface area (Å²) in [5.74, 6) is 0. The molecule has 3 nitrogen and oxygen atoms in total. The molecule has 0 aliphatic carbocycles. The standard InChI is InChI=1S/C12H19NO2/c1-2-13-12(8-14)10-15-9-11-6-4-3-5-7-11/h3-7,12-14H,2,8-10H2,1H3. The van der Waals surface area contributed by atoms with Gasteiger partial charge in [0.25, 0.3) is 0 Å². The van der Waals surface area contributed by atoms with Gasteiger partial charge in [-0.15, -0.1) is 0 Å². The molecule has 1 aromatic rings. The number of benzene rings is 1. The Morgan fingerprint density at radius 2 is 2.07 bits per heavy atom. The van der Waals surface area contributed by atoms with Crippen LogP contribution in [-0.2, 0) is 11.3 Å². The molecule has 15 heavy (non-hydrogen) atoms. The summed E-state index contributed by atoms with van der Waals surface area (Å²) in [6, 6.07) is 10.1. The third-order valence-corrected chi connectivity index (χ3v) is 2.14. The van der Waals surface area contributed by atoms with Crippen molar-refractivity contribution in [2.24, 2.45) is 0 Å². The highest BCUT2D eigenvalue weighted by Crippen LogP contribution is 2.00. The van der Waals surface area contributed by atoms with Crippen LogP contribution in [0, 0.1) is 0 Å². The minimum atomic E-state index is 0.0405. The molecule has 2 N–H and O–H groups in total. The Labute approximate surface area is 91.1 Å². The highest BCUT2D eigenvalue weighted by Gasteiger charge is 2.04. The first-order chi connectivity index (χ1) is 7.36. The Hall–Kier alpha value is -0.900. The molecule has 1 atom stereocenters. The Morgan fingerprint density at radius 3 is 2.67 bits per heavy atom. The van der Waals surface area contributed by atoms with Crippen LogP contribution in [0.4, 0.5) is 0 Å². The molecule has 0 radical (unpaired) electrons. The van der Waals surface area contributed by atoms with Crippen molar-refractivity contribution in [1.82, 2.24) is 5.32 Å². The van der Waals surface area contributed by atoms with Gasteiger partial charge in [-0.05, 0) is 12.1 Å². The molecular formula is C12H19NO2. The summed E-state index contributed by atoms with van der Waals surface area (Å²) in [7, 11) is 0. The average molecular weight is 209 g/mol. The molecule has 1 rings (SSSR count). The highest BCUT2D eigenvalue weighted by atomic mass is 16.5. The van der Waals surface area contributed by atoms with Gasteiger partial charge < -0.3 is 15.2 Å². The first kappa shape index (κ1) is 12.2. The van der Waals surface area contributed by atoms with Crippen LogP contribution in [-0.4, -0.2) is 30.9 Å². The minimum absolute atomic E-state index is 0.0405. The van der Waals surface area contributed by atoms with Gasteiger partial charge in [-0.25, -0.2) is 0 Å². The second kappa shape index (κ2) is 7.40. The van der Waals surface area contributed by atoms with E-state index in [1.807, 2.05) is 37.3 Å². The third-order valence-electron chi connectivity index (χ3n) is 2.14. The van der Waals surface area contributed by atoms with Crippen LogP contribution >= 0.6 is 0 Å². The van der Waals surface area contributed by atoms with Gasteiger partial charge in [-0.1, -0.05) is 37.3 Å². The Morgan fingerprint density at radius 1 is 1.33 bits per heavy atom. The summed E-state index contributed by atoms with van der Waals surface area (Å²) in [6.07, 6.45) is 0. The lowest BCUT2D eigenvalue weighted by atomic mass is 10.2. The normalized spacial score (nSPS) is 12.7. The van der Waals surface area contributed by atoms with Crippen molar-refractivity contribution in [3.63, 3.8) is 0 Å². The average Bonchev–Trinajstić information content (AvgIpc) is 2.29. The van der Waals surface area contributed by atoms with Crippen LogP contribution in [0.25, 0.3) is 0 Å². The van der Waals surface area contributed by atoms with E-state index in [-0.39, 0.29) is 12.6 Å². The smallest absolute Gasteiger partial charge is 0.0717 e. The van der Waals surface area contributed by atoms with E-state index in [4.69, 9.17) is 9.84 Å². The van der Waals surface area contributed by atoms with Gasteiger partial charge in [-0.3, -0.25) is 0 Å². The summed E-state index contributed by atoms with van der Waals surface area (Å²) in [4.78, 5) is 0. The van der Waals surface area contributed by atoms with Crippen molar-refractivity contribution in [2.45, 2.75) is 19.6 Å². The number of hydrogen-bond donors (Lipinski definition) is 2. The molecule has 0 spiro atoms. The molecule has 0 aromatic heterocycles. The number of ether oxygens (including phenoxy) is 1. The third kappa shape index (κ3) is 4.93. The van der Waals surface area contributed by atoms with Crippen LogP contribution < -0.4 is 5.32 Å². The Balaban J connectivity index is 2.20. The topological polar surface area (TPSA) is 41.5 Å². The fourth-order valence-electron chi connectivity index (χ4n) is 1.36. The van der Waals surface area contributed by atoms with Crippen molar-refractivity contribution in [2.75, 3.05) is 19.8 Å². The SMILES string of the molecule is CCNC(CO)COCc1ccccc1. The molecule has 0 amide bonds. The monoisotopic (exact) mass is 209 g/mol. The molecule has 84 valence electrons. The maximum Gasteiger partial charge on any atom is 0.0717 e. The van der Waals surface area contributed by atoms with Crippen LogP contribution in [0.15, 0.2) is 30.3 Å². The van der Waals surface area contributed by atoms with Crippen molar-refractivity contribution in [1.29, 1.82) is 0 Å². The number of rotatable bonds is 7. The summed E-state index contributed by atoms with van der Waals surface area (Å²) in [5.41, 5.74) is 1.16. The van der Waals surface area contributed by atoms with Crippen LogP contribution in [0.3, 0.4) is 0 Å². The van der Waals surface area contributed by atoms with Gasteiger partial charge in [-0.2, -0.15) is 0 Å². The predicted molar refractivity (Wildman–Crippen MR) is 60.6 cm³/mol. The van der Waals surface area contributed by atoms with Crippen molar-refractivity contribution in [3.05, 3.63) is 35.9 Å². The van der Waals surface area contributed by atoms with Crippen LogP contribution in [0.1, 0.15) is 12.5 Å². The predicted octanol–water partition coefficient (Wildman–Crippen LogP) is 1.17. The second-order valence-corrected chi connectivity index (χ2v) is 3.44. The van der Waals surface area contributed by atoms with Gasteiger partial charge in [0.05, 0.1) is 25.9 Å². The number of nitrogens with one attached hydrogen (secondary N) is 1. The molecule has 0 bridgehead atoms. The summed E-state index contributed by atoms with van der Waals surface area (Å²) in [6.45, 7) is 4.12. The van der Waals surface area contributed by atoms with Gasteiger partial charge >= 0.3 is 0 Å². The fraction of sp³-hybridized carbons (Fsp3) is 0.500. The first-order valence-electron chi connectivity index (χ1n) is 5.32. The molecule has 0 heterocycles. The zero-order chi connectivity index (χ0) is 10.9. The van der Waals surface area contributed by atoms with E-state index in [0.717, 1.165) is 12.1 Å². The van der Waals surface area contributed by atoms with E-state index < -0.39 is 0 Å². The molecule has 1 unspecified atom stereocenters. The number of aliphatic hydroxyl groups excluding tert-OH is 1. The van der Waals surface area contributed by atoms with E-state index in [9.17, 15) is 0 Å². The van der Waals surface area contributed by atoms with E-state index in [1.165, 1.54) is 0 Å². The molecular weight excluding hydrogens is 190 g/mol. The summed E-state index contributed by atoms with van der Waals surface area (Å²) < 4.78 is 5.50. The second-order valence-electron chi connectivity index (χ2n) is 3.44. The molecule has 0 aliphatic rings. The first-order valence-corrected chi connectivity index (χ1v) is 5.32. The molecule has 1 aromatic carbocycles. The van der Waals surface area contributed by atoms with Gasteiger partial charge in [0.1, 0.15) is 0 Å². The van der Waals surface area contributed by atoms with Crippen LogP contribution in [0.5, 0.6) is 0 Å². The van der Waals surface area contributed by atoms with Crippen molar-refractivity contribution < 1.29 is 9.84 Å². The lowest BCUT2D eigenvalue weighted by molar-refractivity contribution is 0.0789. The number of hydrogen-bond acceptors (Lipinski definition) is 3. The maximum absolute atomic E-state index is 9.01. The lowest BCUT2D eigenvalue weighted by Crippen LogP contribution is -2.36. The largest absolute Gasteiger partial charge is 0.395 e. The molecule has 0 saturated carbocycles. The Kier molecular flexibility index (Phi) is 6.00. The summed E-state index contributed by atoms with van der Waals surface area (Å²) in [5, 5.41) is 12.2. The van der Waals surface area contributed by atoms with Gasteiger partial charge in [0, 0.05) is 0 Å². The van der Waals surface area contributed by atoms with E-state index >= 15 is 0 Å². The quantitative estimate of drug-likeness (QED) is 0.708. The zero-order valence-corrected chi connectivity index (χ0v) is 9.15. The van der Waals surface area contributed by atoms with Crippen molar-refractivity contribution >= 4 is 0 Å². The summed E-state index contributed by atoms with van der Waals surface area (Å²) >= 11 is 0. The van der Waals surface area contributed by atoms with E-state index in [1.54, 1.807) is 0 Å². The lowest BCUT2D eigenvalue weighted by Gasteiger charge is -2.14. The number of likely N-dealkylation sites (N-methyl/N-ethyl adjacent to an activating group) is 1. The highest BCUT2D eigenvalue weighted by molar-refractivity contribution is 5.13. The minimum Gasteiger partial charge on any atom is -0.395 e. The molecule has 3 heteroatoms. The Bertz CT molecular complexity index is 251. The van der Waals surface area contributed by atoms with Gasteiger partial charge in [0.2, 0.25) is 0 Å². The molecule has 0 aliphatic heterocycles. The van der Waals surface area contributed by atoms with E-state index in [0.29, 0.717) is 13.2 Å². The molecule has 0 saturated heterocycles. The zero-order valence-electron chi connectivity index (χ0n) is 9.15. The number of aliphatic hydroxyl groups is 1.